The van der Waals surface area contributed by atoms with Crippen molar-refractivity contribution in [2.24, 2.45) is 5.92 Å². The Balaban J connectivity index is 1.99. The van der Waals surface area contributed by atoms with E-state index in [1.807, 2.05) is 0 Å². The summed E-state index contributed by atoms with van der Waals surface area (Å²) in [6, 6.07) is 0.698. The van der Waals surface area contributed by atoms with E-state index in [0.29, 0.717) is 6.04 Å². The molecule has 2 rings (SSSR count). The predicted octanol–water partition coefficient (Wildman–Crippen LogP) is 2.72. The Hall–Kier alpha value is -0.0800. The van der Waals surface area contributed by atoms with Crippen LogP contribution in [-0.2, 0) is 4.74 Å². The van der Waals surface area contributed by atoms with Gasteiger partial charge in [-0.05, 0) is 38.1 Å². The van der Waals surface area contributed by atoms with Crippen LogP contribution in [0.1, 0.15) is 52.4 Å². The van der Waals surface area contributed by atoms with Crippen molar-refractivity contribution in [3.63, 3.8) is 0 Å². The van der Waals surface area contributed by atoms with Crippen molar-refractivity contribution in [2.75, 3.05) is 13.2 Å². The number of rotatable bonds is 2. The zero-order valence-corrected chi connectivity index (χ0v) is 10.2. The molecule has 0 aromatic heterocycles. The van der Waals surface area contributed by atoms with Crippen LogP contribution in [0.2, 0.25) is 0 Å². The summed E-state index contributed by atoms with van der Waals surface area (Å²) in [5.41, 5.74) is 0.226. The Bertz CT molecular complexity index is 201. The van der Waals surface area contributed by atoms with Crippen LogP contribution in [0.4, 0.5) is 0 Å². The van der Waals surface area contributed by atoms with Gasteiger partial charge < -0.3 is 10.1 Å². The van der Waals surface area contributed by atoms with Gasteiger partial charge in [0.05, 0.1) is 5.60 Å². The van der Waals surface area contributed by atoms with Crippen LogP contribution >= 0.6 is 0 Å². The van der Waals surface area contributed by atoms with Gasteiger partial charge in [0.25, 0.3) is 0 Å². The van der Waals surface area contributed by atoms with E-state index in [2.05, 4.69) is 19.2 Å². The lowest BCUT2D eigenvalue weighted by atomic mass is 9.71. The summed E-state index contributed by atoms with van der Waals surface area (Å²) in [5.74, 6) is 0.757. The van der Waals surface area contributed by atoms with E-state index in [-0.39, 0.29) is 5.60 Å². The van der Waals surface area contributed by atoms with Gasteiger partial charge in [0, 0.05) is 12.6 Å². The third-order valence-corrected chi connectivity index (χ3v) is 4.33. The predicted molar refractivity (Wildman–Crippen MR) is 63.0 cm³/mol. The maximum absolute atomic E-state index is 6.16. The Morgan fingerprint density at radius 2 is 2.20 bits per heavy atom. The summed E-state index contributed by atoms with van der Waals surface area (Å²) in [4.78, 5) is 0. The molecule has 15 heavy (non-hydrogen) atoms. The second-order valence-corrected chi connectivity index (χ2v) is 5.31. The van der Waals surface area contributed by atoms with E-state index in [0.717, 1.165) is 19.1 Å². The van der Waals surface area contributed by atoms with Gasteiger partial charge in [0.15, 0.2) is 0 Å². The van der Waals surface area contributed by atoms with Crippen molar-refractivity contribution in [1.82, 2.24) is 5.32 Å². The molecule has 3 unspecified atom stereocenters. The minimum Gasteiger partial charge on any atom is -0.375 e. The summed E-state index contributed by atoms with van der Waals surface area (Å²) in [7, 11) is 0. The van der Waals surface area contributed by atoms with Crippen LogP contribution in [0.15, 0.2) is 0 Å². The Morgan fingerprint density at radius 3 is 2.93 bits per heavy atom. The van der Waals surface area contributed by atoms with E-state index in [1.165, 1.54) is 38.5 Å². The summed E-state index contributed by atoms with van der Waals surface area (Å²) < 4.78 is 6.16. The maximum Gasteiger partial charge on any atom is 0.0722 e. The van der Waals surface area contributed by atoms with E-state index in [9.17, 15) is 0 Å². The lowest BCUT2D eigenvalue weighted by molar-refractivity contribution is -0.138. The molecule has 0 bridgehead atoms. The van der Waals surface area contributed by atoms with Gasteiger partial charge in [-0.3, -0.25) is 0 Å². The molecule has 1 saturated heterocycles. The van der Waals surface area contributed by atoms with Crippen molar-refractivity contribution < 1.29 is 4.74 Å². The Kier molecular flexibility index (Phi) is 3.68. The molecule has 0 radical (unpaired) electrons. The highest BCUT2D eigenvalue weighted by atomic mass is 16.5. The molecule has 0 aromatic rings. The number of hydrogen-bond acceptors (Lipinski definition) is 2. The molecule has 2 aliphatic rings. The van der Waals surface area contributed by atoms with Crippen LogP contribution in [-0.4, -0.2) is 24.8 Å². The van der Waals surface area contributed by atoms with E-state index >= 15 is 0 Å². The van der Waals surface area contributed by atoms with Gasteiger partial charge in [-0.25, -0.2) is 0 Å². The largest absolute Gasteiger partial charge is 0.375 e. The smallest absolute Gasteiger partial charge is 0.0722 e. The molecule has 2 nitrogen and oxygen atoms in total. The van der Waals surface area contributed by atoms with Crippen LogP contribution in [0.25, 0.3) is 0 Å². The third kappa shape index (κ3) is 2.36. The molecule has 1 aliphatic heterocycles. The average Bonchev–Trinajstić information content (AvgIpc) is 2.24. The van der Waals surface area contributed by atoms with E-state index < -0.39 is 0 Å². The molecule has 2 fully saturated rings. The summed E-state index contributed by atoms with van der Waals surface area (Å²) in [6.07, 6.45) is 7.85. The standard InChI is InChI=1S/C13H25NO/c1-3-14-12-7-9-15-13(10-12)8-5-4-6-11(13)2/h11-12,14H,3-10H2,1-2H3. The monoisotopic (exact) mass is 211 g/mol. The highest BCUT2D eigenvalue weighted by molar-refractivity contribution is 4.95. The van der Waals surface area contributed by atoms with E-state index in [4.69, 9.17) is 4.74 Å². The zero-order valence-electron chi connectivity index (χ0n) is 10.2. The van der Waals surface area contributed by atoms with Gasteiger partial charge in [0.1, 0.15) is 0 Å². The van der Waals surface area contributed by atoms with Crippen molar-refractivity contribution in [2.45, 2.75) is 64.0 Å². The molecular formula is C13H25NO. The van der Waals surface area contributed by atoms with Gasteiger partial charge in [-0.2, -0.15) is 0 Å². The van der Waals surface area contributed by atoms with Gasteiger partial charge in [-0.15, -0.1) is 0 Å². The van der Waals surface area contributed by atoms with Crippen LogP contribution in [0.3, 0.4) is 0 Å². The van der Waals surface area contributed by atoms with Crippen molar-refractivity contribution >= 4 is 0 Å². The number of nitrogens with one attached hydrogen (secondary N) is 1. The summed E-state index contributed by atoms with van der Waals surface area (Å²) in [6.45, 7) is 6.64. The Morgan fingerprint density at radius 1 is 1.33 bits per heavy atom. The zero-order chi connectivity index (χ0) is 10.7. The molecule has 1 aliphatic carbocycles. The molecule has 88 valence electrons. The molecular weight excluding hydrogens is 186 g/mol. The minimum absolute atomic E-state index is 0.226. The molecule has 1 heterocycles. The molecule has 1 saturated carbocycles. The second-order valence-electron chi connectivity index (χ2n) is 5.31. The van der Waals surface area contributed by atoms with Gasteiger partial charge in [0.2, 0.25) is 0 Å². The van der Waals surface area contributed by atoms with Crippen LogP contribution < -0.4 is 5.32 Å². The van der Waals surface area contributed by atoms with Gasteiger partial charge in [-0.1, -0.05) is 26.7 Å². The second kappa shape index (κ2) is 4.84. The highest BCUT2D eigenvalue weighted by Crippen LogP contribution is 2.42. The topological polar surface area (TPSA) is 21.3 Å². The fourth-order valence-corrected chi connectivity index (χ4v) is 3.35. The first-order valence-corrected chi connectivity index (χ1v) is 6.64. The first-order valence-electron chi connectivity index (χ1n) is 6.64. The van der Waals surface area contributed by atoms with Crippen LogP contribution in [0, 0.1) is 5.92 Å². The maximum atomic E-state index is 6.16. The van der Waals surface area contributed by atoms with Crippen molar-refractivity contribution in [3.8, 4) is 0 Å². The fraction of sp³-hybridized carbons (Fsp3) is 1.00. The molecule has 2 heteroatoms. The highest BCUT2D eigenvalue weighted by Gasteiger charge is 2.42. The molecule has 0 amide bonds. The summed E-state index contributed by atoms with van der Waals surface area (Å²) in [5, 5.41) is 3.60. The molecule has 1 N–H and O–H groups in total. The van der Waals surface area contributed by atoms with E-state index in [1.54, 1.807) is 0 Å². The van der Waals surface area contributed by atoms with Crippen LogP contribution in [0.5, 0.6) is 0 Å². The first-order chi connectivity index (χ1) is 7.27. The van der Waals surface area contributed by atoms with Gasteiger partial charge >= 0.3 is 0 Å². The third-order valence-electron chi connectivity index (χ3n) is 4.33. The molecule has 0 aromatic carbocycles. The molecule has 1 spiro atoms. The number of ether oxygens (including phenoxy) is 1. The minimum atomic E-state index is 0.226. The normalized spacial score (nSPS) is 42.0. The summed E-state index contributed by atoms with van der Waals surface area (Å²) >= 11 is 0. The number of hydrogen-bond donors (Lipinski definition) is 1. The first kappa shape index (κ1) is 11.4. The SMILES string of the molecule is CCNC1CCOC2(CCCCC2C)C1. The fourth-order valence-electron chi connectivity index (χ4n) is 3.35. The van der Waals surface area contributed by atoms with Crippen molar-refractivity contribution in [1.29, 1.82) is 0 Å². The van der Waals surface area contributed by atoms with Crippen molar-refractivity contribution in [3.05, 3.63) is 0 Å². The molecule has 3 atom stereocenters. The quantitative estimate of drug-likeness (QED) is 0.758. The average molecular weight is 211 g/mol. The lowest BCUT2D eigenvalue weighted by Crippen LogP contribution is -2.51. The lowest BCUT2D eigenvalue weighted by Gasteiger charge is -2.47. The Labute approximate surface area is 93.8 Å².